The molecule has 0 unspecified atom stereocenters. The number of unbranched alkanes of at least 4 members (excludes halogenated alkanes) is 5. The molecule has 0 saturated heterocycles. The molecule has 1 N–H and O–H groups in total. The maximum atomic E-state index is 12.3. The highest BCUT2D eigenvalue weighted by atomic mass is 16.5. The highest BCUT2D eigenvalue weighted by Crippen LogP contribution is 2.18. The molecule has 0 aliphatic carbocycles. The molecule has 0 radical (unpaired) electrons. The van der Waals surface area contributed by atoms with Gasteiger partial charge in [0.05, 0.1) is 6.61 Å². The summed E-state index contributed by atoms with van der Waals surface area (Å²) >= 11 is 0. The van der Waals surface area contributed by atoms with Crippen molar-refractivity contribution in [2.75, 3.05) is 19.8 Å². The first-order chi connectivity index (χ1) is 11.8. The van der Waals surface area contributed by atoms with Gasteiger partial charge in [0.15, 0.2) is 0 Å². The molecule has 2 rings (SSSR count). The number of hydrogen-bond acceptors (Lipinski definition) is 2. The predicted molar refractivity (Wildman–Crippen MR) is 100 cm³/mol. The predicted octanol–water partition coefficient (Wildman–Crippen LogP) is 4.95. The van der Waals surface area contributed by atoms with Crippen LogP contribution < -0.4 is 5.32 Å². The lowest BCUT2D eigenvalue weighted by Gasteiger charge is -2.09. The summed E-state index contributed by atoms with van der Waals surface area (Å²) in [7, 11) is 0. The van der Waals surface area contributed by atoms with Gasteiger partial charge in [-0.2, -0.15) is 0 Å². The first kappa shape index (κ1) is 18.5. The van der Waals surface area contributed by atoms with Crippen LogP contribution in [0.4, 0.5) is 0 Å². The minimum atomic E-state index is -0.0324. The second-order valence-electron chi connectivity index (χ2n) is 6.16. The Hall–Kier alpha value is -1.87. The molecule has 2 aromatic carbocycles. The van der Waals surface area contributed by atoms with Gasteiger partial charge in [-0.25, -0.2) is 0 Å². The fourth-order valence-corrected chi connectivity index (χ4v) is 2.84. The molecule has 130 valence electrons. The molecule has 0 aliphatic heterocycles. The van der Waals surface area contributed by atoms with Crippen LogP contribution in [0.5, 0.6) is 0 Å². The van der Waals surface area contributed by atoms with E-state index in [0.29, 0.717) is 13.2 Å². The Labute approximate surface area is 145 Å². The Morgan fingerprint density at radius 1 is 0.917 bits per heavy atom. The average Bonchev–Trinajstić information content (AvgIpc) is 2.62. The van der Waals surface area contributed by atoms with Crippen molar-refractivity contribution < 1.29 is 9.53 Å². The van der Waals surface area contributed by atoms with Gasteiger partial charge in [-0.05, 0) is 23.3 Å². The van der Waals surface area contributed by atoms with Crippen molar-refractivity contribution in [2.24, 2.45) is 0 Å². The van der Waals surface area contributed by atoms with Gasteiger partial charge in [-0.1, -0.05) is 75.4 Å². The highest BCUT2D eigenvalue weighted by molar-refractivity contribution is 6.06. The van der Waals surface area contributed by atoms with Gasteiger partial charge >= 0.3 is 0 Å². The third-order valence-electron chi connectivity index (χ3n) is 4.21. The molecule has 1 amide bonds. The summed E-state index contributed by atoms with van der Waals surface area (Å²) in [5.41, 5.74) is 0.726. The normalized spacial score (nSPS) is 10.9. The maximum Gasteiger partial charge on any atom is 0.251 e. The van der Waals surface area contributed by atoms with Gasteiger partial charge in [0.1, 0.15) is 0 Å². The van der Waals surface area contributed by atoms with Gasteiger partial charge in [0.2, 0.25) is 0 Å². The third-order valence-corrected chi connectivity index (χ3v) is 4.21. The number of fused-ring (bicyclic) bond motifs is 1. The van der Waals surface area contributed by atoms with E-state index in [0.717, 1.165) is 29.4 Å². The molecule has 0 aromatic heterocycles. The van der Waals surface area contributed by atoms with Gasteiger partial charge in [-0.3, -0.25) is 4.79 Å². The summed E-state index contributed by atoms with van der Waals surface area (Å²) < 4.78 is 5.60. The van der Waals surface area contributed by atoms with E-state index < -0.39 is 0 Å². The lowest BCUT2D eigenvalue weighted by Crippen LogP contribution is -2.27. The van der Waals surface area contributed by atoms with Crippen molar-refractivity contribution >= 4 is 16.7 Å². The molecular formula is C21H29NO2. The second-order valence-corrected chi connectivity index (χ2v) is 6.16. The van der Waals surface area contributed by atoms with Crippen LogP contribution in [0.25, 0.3) is 10.8 Å². The maximum absolute atomic E-state index is 12.3. The van der Waals surface area contributed by atoms with Crippen LogP contribution in [0.3, 0.4) is 0 Å². The van der Waals surface area contributed by atoms with Crippen LogP contribution in [0, 0.1) is 0 Å². The van der Waals surface area contributed by atoms with Crippen LogP contribution in [-0.4, -0.2) is 25.7 Å². The molecule has 0 saturated carbocycles. The standard InChI is InChI=1S/C21H29NO2/c1-2-3-4-5-6-9-16-24-17-15-22-21(23)20-14-10-12-18-11-7-8-13-19(18)20/h7-8,10-14H,2-6,9,15-17H2,1H3,(H,22,23). The van der Waals surface area contributed by atoms with Gasteiger partial charge in [-0.15, -0.1) is 0 Å². The van der Waals surface area contributed by atoms with Gasteiger partial charge in [0, 0.05) is 18.7 Å². The molecule has 3 nitrogen and oxygen atoms in total. The van der Waals surface area contributed by atoms with E-state index in [1.165, 1.54) is 32.1 Å². The van der Waals surface area contributed by atoms with Crippen molar-refractivity contribution in [2.45, 2.75) is 45.4 Å². The van der Waals surface area contributed by atoms with E-state index in [1.54, 1.807) is 0 Å². The number of hydrogen-bond donors (Lipinski definition) is 1. The molecule has 0 bridgehead atoms. The molecule has 0 aliphatic rings. The van der Waals surface area contributed by atoms with Gasteiger partial charge in [0.25, 0.3) is 5.91 Å². The lowest BCUT2D eigenvalue weighted by atomic mass is 10.0. The van der Waals surface area contributed by atoms with Crippen LogP contribution in [-0.2, 0) is 4.74 Å². The molecule has 0 heterocycles. The van der Waals surface area contributed by atoms with Crippen molar-refractivity contribution in [3.63, 3.8) is 0 Å². The van der Waals surface area contributed by atoms with Crippen LogP contribution in [0.15, 0.2) is 42.5 Å². The van der Waals surface area contributed by atoms with Crippen molar-refractivity contribution in [1.29, 1.82) is 0 Å². The number of nitrogens with one attached hydrogen (secondary N) is 1. The molecule has 0 atom stereocenters. The monoisotopic (exact) mass is 327 g/mol. The number of carbonyl (C=O) groups is 1. The van der Waals surface area contributed by atoms with Crippen LogP contribution >= 0.6 is 0 Å². The van der Waals surface area contributed by atoms with E-state index in [4.69, 9.17) is 4.74 Å². The Morgan fingerprint density at radius 3 is 2.54 bits per heavy atom. The Kier molecular flexibility index (Phi) is 8.33. The zero-order chi connectivity index (χ0) is 17.0. The Morgan fingerprint density at radius 2 is 1.67 bits per heavy atom. The summed E-state index contributed by atoms with van der Waals surface area (Å²) in [4.78, 5) is 12.3. The Bertz CT molecular complexity index is 619. The van der Waals surface area contributed by atoms with E-state index >= 15 is 0 Å². The second kappa shape index (κ2) is 10.8. The topological polar surface area (TPSA) is 38.3 Å². The summed E-state index contributed by atoms with van der Waals surface area (Å²) in [6, 6.07) is 13.8. The van der Waals surface area contributed by atoms with E-state index in [1.807, 2.05) is 42.5 Å². The summed E-state index contributed by atoms with van der Waals surface area (Å²) in [5, 5.41) is 5.02. The average molecular weight is 327 g/mol. The number of amides is 1. The van der Waals surface area contributed by atoms with E-state index in [9.17, 15) is 4.79 Å². The zero-order valence-electron chi connectivity index (χ0n) is 14.7. The molecule has 3 heteroatoms. The first-order valence-electron chi connectivity index (χ1n) is 9.16. The van der Waals surface area contributed by atoms with E-state index in [2.05, 4.69) is 12.2 Å². The highest BCUT2D eigenvalue weighted by Gasteiger charge is 2.08. The van der Waals surface area contributed by atoms with Crippen molar-refractivity contribution in [3.05, 3.63) is 48.0 Å². The summed E-state index contributed by atoms with van der Waals surface area (Å²) in [5.74, 6) is -0.0324. The number of benzene rings is 2. The van der Waals surface area contributed by atoms with Gasteiger partial charge < -0.3 is 10.1 Å². The first-order valence-corrected chi connectivity index (χ1v) is 9.16. The fourth-order valence-electron chi connectivity index (χ4n) is 2.84. The van der Waals surface area contributed by atoms with Crippen LogP contribution in [0.2, 0.25) is 0 Å². The quantitative estimate of drug-likeness (QED) is 0.593. The van der Waals surface area contributed by atoms with Crippen molar-refractivity contribution in [1.82, 2.24) is 5.32 Å². The number of carbonyl (C=O) groups excluding carboxylic acids is 1. The molecular weight excluding hydrogens is 298 g/mol. The molecule has 0 spiro atoms. The van der Waals surface area contributed by atoms with Crippen molar-refractivity contribution in [3.8, 4) is 0 Å². The molecule has 2 aromatic rings. The smallest absolute Gasteiger partial charge is 0.251 e. The summed E-state index contributed by atoms with van der Waals surface area (Å²) in [6.07, 6.45) is 7.60. The summed E-state index contributed by atoms with van der Waals surface area (Å²) in [6.45, 7) is 4.15. The molecule has 24 heavy (non-hydrogen) atoms. The minimum Gasteiger partial charge on any atom is -0.380 e. The zero-order valence-corrected chi connectivity index (χ0v) is 14.7. The molecule has 0 fully saturated rings. The Balaban J connectivity index is 1.63. The fraction of sp³-hybridized carbons (Fsp3) is 0.476. The SMILES string of the molecule is CCCCCCCCOCCNC(=O)c1cccc2ccccc12. The largest absolute Gasteiger partial charge is 0.380 e. The lowest BCUT2D eigenvalue weighted by molar-refractivity contribution is 0.0913. The van der Waals surface area contributed by atoms with Crippen LogP contribution in [0.1, 0.15) is 55.8 Å². The minimum absolute atomic E-state index is 0.0324. The third kappa shape index (κ3) is 5.97. The van der Waals surface area contributed by atoms with E-state index in [-0.39, 0.29) is 5.91 Å². The number of ether oxygens (including phenoxy) is 1. The number of rotatable bonds is 11.